The molecule has 19 heteroatoms. The van der Waals surface area contributed by atoms with E-state index < -0.39 is 47.5 Å². The molecule has 0 bridgehead atoms. The lowest BCUT2D eigenvalue weighted by atomic mass is 9.81. The zero-order valence-corrected chi connectivity index (χ0v) is 39.2. The van der Waals surface area contributed by atoms with Gasteiger partial charge in [0.2, 0.25) is 35.4 Å². The number of carbonyl (C=O) groups is 7. The molecule has 4 rings (SSSR count). The van der Waals surface area contributed by atoms with Crippen LogP contribution in [0.15, 0.2) is 30.5 Å². The van der Waals surface area contributed by atoms with E-state index in [1.54, 1.807) is 35.1 Å². The van der Waals surface area contributed by atoms with Crippen molar-refractivity contribution in [3.63, 3.8) is 0 Å². The number of imide groups is 1. The highest BCUT2D eigenvalue weighted by molar-refractivity contribution is 6.03. The van der Waals surface area contributed by atoms with Crippen molar-refractivity contribution in [2.45, 2.75) is 137 Å². The van der Waals surface area contributed by atoms with Crippen LogP contribution in [0.4, 0.5) is 5.69 Å². The number of hydrogen-bond donors (Lipinski definition) is 5. The van der Waals surface area contributed by atoms with Crippen molar-refractivity contribution in [1.29, 1.82) is 0 Å². The van der Waals surface area contributed by atoms with Crippen LogP contribution in [-0.4, -0.2) is 112 Å². The number of nitrogens with one attached hydrogen (secondary N) is 4. The third kappa shape index (κ3) is 17.2. The number of aromatic nitrogens is 3. The van der Waals surface area contributed by atoms with Gasteiger partial charge in [0.1, 0.15) is 31.6 Å². The Labute approximate surface area is 382 Å². The lowest BCUT2D eigenvalue weighted by molar-refractivity contribution is -0.142. The van der Waals surface area contributed by atoms with E-state index in [0.717, 1.165) is 18.4 Å². The zero-order valence-electron chi connectivity index (χ0n) is 39.2. The Balaban J connectivity index is 1.11. The van der Waals surface area contributed by atoms with Crippen molar-refractivity contribution in [1.82, 2.24) is 35.8 Å². The number of unbranched alkanes of at least 4 members (excludes halogenated alkanes) is 1. The molecular formula is C46H71N9O10. The maximum absolute atomic E-state index is 13.1. The SMILES string of the molecule is CC(=O)OCc1ccc(NC(=O)C(CCCCN)NC(=O)COCC(=O)NCCC(C)(C)OCC(C)(C)n2cc(CNC(=O)C3CCC(CN4C(=O)CC(C(C)C)C4=O)CC3)nn2)cc1. The van der Waals surface area contributed by atoms with Crippen molar-refractivity contribution in [3.8, 4) is 0 Å². The van der Waals surface area contributed by atoms with E-state index in [0.29, 0.717) is 76.0 Å². The molecule has 1 aliphatic carbocycles. The zero-order chi connectivity index (χ0) is 47.7. The molecular weight excluding hydrogens is 839 g/mol. The molecule has 2 fully saturated rings. The molecule has 6 N–H and O–H groups in total. The highest BCUT2D eigenvalue weighted by Gasteiger charge is 2.41. The molecule has 2 aliphatic rings. The van der Waals surface area contributed by atoms with Crippen molar-refractivity contribution in [2.24, 2.45) is 29.4 Å². The van der Waals surface area contributed by atoms with Crippen LogP contribution in [0.25, 0.3) is 0 Å². The summed E-state index contributed by atoms with van der Waals surface area (Å²) in [6.45, 7) is 14.1. The van der Waals surface area contributed by atoms with Crippen molar-refractivity contribution in [2.75, 3.05) is 44.8 Å². The predicted molar refractivity (Wildman–Crippen MR) is 240 cm³/mol. The number of benzene rings is 1. The largest absolute Gasteiger partial charge is 0.461 e. The van der Waals surface area contributed by atoms with Gasteiger partial charge >= 0.3 is 5.97 Å². The number of amides is 6. The van der Waals surface area contributed by atoms with Crippen LogP contribution in [-0.2, 0) is 66.5 Å². The minimum atomic E-state index is -0.852. The fraction of sp³-hybridized carbons (Fsp3) is 0.674. The normalized spacial score (nSPS) is 18.4. The van der Waals surface area contributed by atoms with E-state index >= 15 is 0 Å². The molecule has 0 spiro atoms. The first kappa shape index (κ1) is 52.4. The monoisotopic (exact) mass is 910 g/mol. The number of nitrogens with two attached hydrogens (primary N) is 1. The van der Waals surface area contributed by atoms with E-state index in [1.807, 2.05) is 41.5 Å². The Morgan fingerprint density at radius 1 is 0.938 bits per heavy atom. The molecule has 1 aromatic heterocycles. The summed E-state index contributed by atoms with van der Waals surface area (Å²) in [6.07, 6.45) is 7.17. The number of ether oxygens (including phenoxy) is 3. The van der Waals surface area contributed by atoms with E-state index in [9.17, 15) is 33.6 Å². The minimum absolute atomic E-state index is 0.0420. The number of rotatable bonds is 26. The van der Waals surface area contributed by atoms with E-state index in [-0.39, 0.29) is 67.8 Å². The van der Waals surface area contributed by atoms with E-state index in [4.69, 9.17) is 19.9 Å². The van der Waals surface area contributed by atoms with Crippen LogP contribution in [0.1, 0.15) is 118 Å². The Hall–Kier alpha value is -5.27. The number of nitrogens with zero attached hydrogens (tertiary/aromatic N) is 4. The topological polar surface area (TPSA) is 255 Å². The average Bonchev–Trinajstić information content (AvgIpc) is 3.86. The molecule has 1 aromatic carbocycles. The molecule has 1 saturated carbocycles. The van der Waals surface area contributed by atoms with Gasteiger partial charge in [-0.1, -0.05) is 31.2 Å². The van der Waals surface area contributed by atoms with Crippen molar-refractivity contribution in [3.05, 3.63) is 41.7 Å². The van der Waals surface area contributed by atoms with Crippen LogP contribution in [0.3, 0.4) is 0 Å². The van der Waals surface area contributed by atoms with Gasteiger partial charge in [0, 0.05) is 44.0 Å². The Kier molecular flexibility index (Phi) is 20.0. The lowest BCUT2D eigenvalue weighted by Crippen LogP contribution is -2.45. The summed E-state index contributed by atoms with van der Waals surface area (Å²) >= 11 is 0. The molecule has 19 nitrogen and oxygen atoms in total. The second-order valence-corrected chi connectivity index (χ2v) is 18.8. The molecule has 2 atom stereocenters. The second-order valence-electron chi connectivity index (χ2n) is 18.8. The molecule has 2 heterocycles. The molecule has 1 aliphatic heterocycles. The Morgan fingerprint density at radius 3 is 2.28 bits per heavy atom. The van der Waals surface area contributed by atoms with Crippen LogP contribution in [0, 0.1) is 23.7 Å². The summed E-state index contributed by atoms with van der Waals surface area (Å²) < 4.78 is 18.3. The summed E-state index contributed by atoms with van der Waals surface area (Å²) in [4.78, 5) is 89.2. The summed E-state index contributed by atoms with van der Waals surface area (Å²) in [5, 5.41) is 19.8. The maximum Gasteiger partial charge on any atom is 0.302 e. The Morgan fingerprint density at radius 2 is 1.63 bits per heavy atom. The van der Waals surface area contributed by atoms with Crippen molar-refractivity contribution >= 4 is 47.1 Å². The van der Waals surface area contributed by atoms with Gasteiger partial charge < -0.3 is 41.2 Å². The van der Waals surface area contributed by atoms with Gasteiger partial charge in [-0.15, -0.1) is 5.10 Å². The number of carbonyl (C=O) groups excluding carboxylic acids is 7. The van der Waals surface area contributed by atoms with Gasteiger partial charge in [-0.05, 0) is 115 Å². The third-order valence-electron chi connectivity index (χ3n) is 11.9. The van der Waals surface area contributed by atoms with Gasteiger partial charge in [0.25, 0.3) is 0 Å². The quantitative estimate of drug-likeness (QED) is 0.0518. The molecule has 6 amide bonds. The number of likely N-dealkylation sites (tertiary alicyclic amines) is 1. The molecule has 2 unspecified atom stereocenters. The number of hydrogen-bond acceptors (Lipinski definition) is 13. The fourth-order valence-corrected chi connectivity index (χ4v) is 7.68. The van der Waals surface area contributed by atoms with E-state index in [1.165, 1.54) is 11.8 Å². The van der Waals surface area contributed by atoms with Gasteiger partial charge in [-0.2, -0.15) is 0 Å². The standard InChI is InChI=1S/C46H71N9O10/c1-30(2)37-22-41(59)54(44(37)62)24-32-11-15-34(16-12-32)42(60)49-23-36-25-55(53-52-36)45(4,5)29-65-46(6,7)19-21-48-39(57)27-63-28-40(58)51-38(10-8-9-20-47)43(61)50-35-17-13-33(14-18-35)26-64-31(3)56/h13-14,17-18,25,30,32,34,37-38H,8-12,15-16,19-24,26-29,47H2,1-7H3,(H,48,57)(H,49,60)(H,50,61)(H,51,58). The first-order valence-corrected chi connectivity index (χ1v) is 22.8. The molecule has 2 aromatic rings. The first-order valence-electron chi connectivity index (χ1n) is 22.8. The number of anilines is 1. The average molecular weight is 910 g/mol. The predicted octanol–water partition coefficient (Wildman–Crippen LogP) is 3.10. The molecule has 0 radical (unpaired) electrons. The van der Waals surface area contributed by atoms with Crippen LogP contribution in [0.5, 0.6) is 0 Å². The third-order valence-corrected chi connectivity index (χ3v) is 11.9. The van der Waals surface area contributed by atoms with Gasteiger partial charge in [0.05, 0.1) is 30.5 Å². The van der Waals surface area contributed by atoms with Crippen LogP contribution >= 0.6 is 0 Å². The highest BCUT2D eigenvalue weighted by atomic mass is 16.5. The van der Waals surface area contributed by atoms with E-state index in [2.05, 4.69) is 31.6 Å². The van der Waals surface area contributed by atoms with Crippen molar-refractivity contribution < 1.29 is 47.8 Å². The Bertz CT molecular complexity index is 1920. The second kappa shape index (κ2) is 24.9. The summed E-state index contributed by atoms with van der Waals surface area (Å²) in [5.74, 6) is -1.98. The summed E-state index contributed by atoms with van der Waals surface area (Å²) in [5.41, 5.74) is 6.30. The van der Waals surface area contributed by atoms with Gasteiger partial charge in [-0.25, -0.2) is 4.68 Å². The lowest BCUT2D eigenvalue weighted by Gasteiger charge is -2.32. The van der Waals surface area contributed by atoms with Gasteiger partial charge in [-0.3, -0.25) is 38.5 Å². The number of esters is 1. The molecule has 1 saturated heterocycles. The summed E-state index contributed by atoms with van der Waals surface area (Å²) in [6, 6.07) is 5.95. The van der Waals surface area contributed by atoms with Crippen LogP contribution in [0.2, 0.25) is 0 Å². The molecule has 65 heavy (non-hydrogen) atoms. The molecule has 360 valence electrons. The summed E-state index contributed by atoms with van der Waals surface area (Å²) in [7, 11) is 0. The smallest absolute Gasteiger partial charge is 0.302 e. The van der Waals surface area contributed by atoms with Gasteiger partial charge in [0.15, 0.2) is 0 Å². The highest BCUT2D eigenvalue weighted by Crippen LogP contribution is 2.33. The maximum atomic E-state index is 13.1. The first-order chi connectivity index (χ1) is 30.8. The fourth-order valence-electron chi connectivity index (χ4n) is 7.68. The minimum Gasteiger partial charge on any atom is -0.461 e. The van der Waals surface area contributed by atoms with Crippen LogP contribution < -0.4 is 27.0 Å².